The number of nitrogens with zero attached hydrogens (tertiary/aromatic N) is 2. The fourth-order valence-corrected chi connectivity index (χ4v) is 1.35. The largest absolute Gasteiger partial charge is 0.492 e. The second-order valence-electron chi connectivity index (χ2n) is 4.12. The minimum atomic E-state index is 0.719. The average molecular weight is 208 g/mol. The zero-order valence-electron chi connectivity index (χ0n) is 10.3. The Kier molecular flexibility index (Phi) is 4.09. The summed E-state index contributed by atoms with van der Waals surface area (Å²) >= 11 is 0. The molecule has 1 aromatic heterocycles. The first kappa shape index (κ1) is 12.0. The SMILES string of the molecule is Cc1cc(OCCN(C)C)c(C)c(C)n1. The smallest absolute Gasteiger partial charge is 0.125 e. The lowest BCUT2D eigenvalue weighted by Crippen LogP contribution is -2.19. The van der Waals surface area contributed by atoms with Crippen LogP contribution in [0.4, 0.5) is 0 Å². The van der Waals surface area contributed by atoms with E-state index < -0.39 is 0 Å². The minimum Gasteiger partial charge on any atom is -0.492 e. The molecule has 0 radical (unpaired) electrons. The predicted molar refractivity (Wildman–Crippen MR) is 62.5 cm³/mol. The molecule has 0 spiro atoms. The molecular weight excluding hydrogens is 188 g/mol. The first-order valence-corrected chi connectivity index (χ1v) is 5.23. The van der Waals surface area contributed by atoms with Gasteiger partial charge in [0.1, 0.15) is 12.4 Å². The number of aromatic nitrogens is 1. The van der Waals surface area contributed by atoms with E-state index in [2.05, 4.69) is 9.88 Å². The Bertz CT molecular complexity index is 335. The number of hydrogen-bond acceptors (Lipinski definition) is 3. The Hall–Kier alpha value is -1.09. The maximum atomic E-state index is 5.73. The molecule has 1 aromatic rings. The number of ether oxygens (including phenoxy) is 1. The summed E-state index contributed by atoms with van der Waals surface area (Å²) in [5.41, 5.74) is 3.20. The highest BCUT2D eigenvalue weighted by molar-refractivity contribution is 5.36. The van der Waals surface area contributed by atoms with Crippen LogP contribution in [0.1, 0.15) is 17.0 Å². The van der Waals surface area contributed by atoms with E-state index in [-0.39, 0.29) is 0 Å². The van der Waals surface area contributed by atoms with E-state index in [0.717, 1.165) is 35.9 Å². The molecule has 0 saturated carbocycles. The van der Waals surface area contributed by atoms with E-state index in [0.29, 0.717) is 0 Å². The molecule has 1 heterocycles. The average Bonchev–Trinajstić information content (AvgIpc) is 2.12. The van der Waals surface area contributed by atoms with Crippen LogP contribution in [-0.4, -0.2) is 37.1 Å². The summed E-state index contributed by atoms with van der Waals surface area (Å²) in [6, 6.07) is 2.00. The third-order valence-electron chi connectivity index (χ3n) is 2.39. The van der Waals surface area contributed by atoms with E-state index >= 15 is 0 Å². The fourth-order valence-electron chi connectivity index (χ4n) is 1.35. The van der Waals surface area contributed by atoms with Crippen molar-refractivity contribution in [1.82, 2.24) is 9.88 Å². The maximum absolute atomic E-state index is 5.73. The molecule has 0 aliphatic rings. The van der Waals surface area contributed by atoms with Gasteiger partial charge in [-0.15, -0.1) is 0 Å². The summed E-state index contributed by atoms with van der Waals surface area (Å²) in [5, 5.41) is 0. The zero-order valence-corrected chi connectivity index (χ0v) is 10.3. The lowest BCUT2D eigenvalue weighted by molar-refractivity contribution is 0.259. The van der Waals surface area contributed by atoms with Gasteiger partial charge in [0.15, 0.2) is 0 Å². The normalized spacial score (nSPS) is 10.8. The summed E-state index contributed by atoms with van der Waals surface area (Å²) < 4.78 is 5.73. The molecule has 0 unspecified atom stereocenters. The zero-order chi connectivity index (χ0) is 11.4. The standard InChI is InChI=1S/C12H20N2O/c1-9-8-12(10(2)11(3)13-9)15-7-6-14(4)5/h8H,6-7H2,1-5H3. The first-order valence-electron chi connectivity index (χ1n) is 5.23. The Labute approximate surface area is 92.1 Å². The van der Waals surface area contributed by atoms with Crippen LogP contribution in [0.2, 0.25) is 0 Å². The van der Waals surface area contributed by atoms with Crippen molar-refractivity contribution >= 4 is 0 Å². The topological polar surface area (TPSA) is 25.4 Å². The van der Waals surface area contributed by atoms with E-state index in [1.54, 1.807) is 0 Å². The van der Waals surface area contributed by atoms with Crippen molar-refractivity contribution in [3.05, 3.63) is 23.0 Å². The summed E-state index contributed by atoms with van der Waals surface area (Å²) in [4.78, 5) is 6.49. The quantitative estimate of drug-likeness (QED) is 0.756. The van der Waals surface area contributed by atoms with Gasteiger partial charge in [0, 0.05) is 29.6 Å². The fraction of sp³-hybridized carbons (Fsp3) is 0.583. The van der Waals surface area contributed by atoms with E-state index in [9.17, 15) is 0 Å². The van der Waals surface area contributed by atoms with Crippen LogP contribution in [0.25, 0.3) is 0 Å². The van der Waals surface area contributed by atoms with Gasteiger partial charge in [0.2, 0.25) is 0 Å². The van der Waals surface area contributed by atoms with Crippen molar-refractivity contribution in [3.63, 3.8) is 0 Å². The van der Waals surface area contributed by atoms with Crippen molar-refractivity contribution in [2.45, 2.75) is 20.8 Å². The third-order valence-corrected chi connectivity index (χ3v) is 2.39. The van der Waals surface area contributed by atoms with Crippen molar-refractivity contribution in [1.29, 1.82) is 0 Å². The van der Waals surface area contributed by atoms with Gasteiger partial charge in [-0.25, -0.2) is 0 Å². The predicted octanol–water partition coefficient (Wildman–Crippen LogP) is 1.95. The van der Waals surface area contributed by atoms with Crippen LogP contribution in [0, 0.1) is 20.8 Å². The van der Waals surface area contributed by atoms with Crippen LogP contribution in [0.5, 0.6) is 5.75 Å². The monoisotopic (exact) mass is 208 g/mol. The van der Waals surface area contributed by atoms with Crippen LogP contribution < -0.4 is 4.74 Å². The Balaban J connectivity index is 2.68. The molecule has 1 rings (SSSR count). The number of likely N-dealkylation sites (N-methyl/N-ethyl adjacent to an activating group) is 1. The third kappa shape index (κ3) is 3.51. The van der Waals surface area contributed by atoms with Crippen molar-refractivity contribution in [2.24, 2.45) is 0 Å². The van der Waals surface area contributed by atoms with Crippen molar-refractivity contribution in [2.75, 3.05) is 27.2 Å². The molecule has 0 amide bonds. The molecular formula is C12H20N2O. The van der Waals surface area contributed by atoms with E-state index in [1.807, 2.05) is 40.9 Å². The van der Waals surface area contributed by atoms with Gasteiger partial charge >= 0.3 is 0 Å². The molecule has 3 nitrogen and oxygen atoms in total. The molecule has 0 atom stereocenters. The summed E-state index contributed by atoms with van der Waals surface area (Å²) in [6.07, 6.45) is 0. The van der Waals surface area contributed by atoms with Gasteiger partial charge in [-0.05, 0) is 34.9 Å². The number of hydrogen-bond donors (Lipinski definition) is 0. The van der Waals surface area contributed by atoms with Crippen LogP contribution in [0.15, 0.2) is 6.07 Å². The molecule has 0 aliphatic carbocycles. The number of rotatable bonds is 4. The van der Waals surface area contributed by atoms with Gasteiger partial charge in [-0.3, -0.25) is 4.98 Å². The molecule has 0 aliphatic heterocycles. The highest BCUT2D eigenvalue weighted by Crippen LogP contribution is 2.20. The Morgan fingerprint density at radius 2 is 1.93 bits per heavy atom. The molecule has 0 fully saturated rings. The van der Waals surface area contributed by atoms with Gasteiger partial charge in [0.05, 0.1) is 0 Å². The number of aryl methyl sites for hydroxylation is 2. The van der Waals surface area contributed by atoms with Gasteiger partial charge < -0.3 is 9.64 Å². The van der Waals surface area contributed by atoms with Gasteiger partial charge in [0.25, 0.3) is 0 Å². The molecule has 84 valence electrons. The molecule has 0 bridgehead atoms. The van der Waals surface area contributed by atoms with Crippen molar-refractivity contribution in [3.8, 4) is 5.75 Å². The minimum absolute atomic E-state index is 0.719. The molecule has 3 heteroatoms. The molecule has 15 heavy (non-hydrogen) atoms. The van der Waals surface area contributed by atoms with E-state index in [4.69, 9.17) is 4.74 Å². The van der Waals surface area contributed by atoms with Crippen LogP contribution in [-0.2, 0) is 0 Å². The Morgan fingerprint density at radius 3 is 2.53 bits per heavy atom. The summed E-state index contributed by atoms with van der Waals surface area (Å²) in [7, 11) is 4.08. The highest BCUT2D eigenvalue weighted by Gasteiger charge is 2.04. The summed E-state index contributed by atoms with van der Waals surface area (Å²) in [6.45, 7) is 7.70. The van der Waals surface area contributed by atoms with Gasteiger partial charge in [-0.2, -0.15) is 0 Å². The highest BCUT2D eigenvalue weighted by atomic mass is 16.5. The second-order valence-corrected chi connectivity index (χ2v) is 4.12. The Morgan fingerprint density at radius 1 is 1.27 bits per heavy atom. The lowest BCUT2D eigenvalue weighted by atomic mass is 10.2. The second kappa shape index (κ2) is 5.12. The van der Waals surface area contributed by atoms with E-state index in [1.165, 1.54) is 0 Å². The molecule has 0 N–H and O–H groups in total. The molecule has 0 aromatic carbocycles. The first-order chi connectivity index (χ1) is 7.00. The van der Waals surface area contributed by atoms with Gasteiger partial charge in [-0.1, -0.05) is 0 Å². The maximum Gasteiger partial charge on any atom is 0.125 e. The van der Waals surface area contributed by atoms with Crippen molar-refractivity contribution < 1.29 is 4.74 Å². The van der Waals surface area contributed by atoms with Crippen LogP contribution >= 0.6 is 0 Å². The summed E-state index contributed by atoms with van der Waals surface area (Å²) in [5.74, 6) is 0.960. The molecule has 0 saturated heterocycles. The number of pyridine rings is 1. The van der Waals surface area contributed by atoms with Crippen LogP contribution in [0.3, 0.4) is 0 Å². The lowest BCUT2D eigenvalue weighted by Gasteiger charge is -2.14.